The summed E-state index contributed by atoms with van der Waals surface area (Å²) in [6.07, 6.45) is 4.65. The summed E-state index contributed by atoms with van der Waals surface area (Å²) >= 11 is 0. The molecule has 0 aromatic heterocycles. The minimum atomic E-state index is -0.514. The lowest BCUT2D eigenvalue weighted by Crippen LogP contribution is -2.40. The number of carbonyl (C=O) groups excluding carboxylic acids is 1. The molecule has 0 radical (unpaired) electrons. The van der Waals surface area contributed by atoms with Crippen molar-refractivity contribution in [3.05, 3.63) is 0 Å². The van der Waals surface area contributed by atoms with E-state index >= 15 is 0 Å². The Balaban J connectivity index is 4.94. The van der Waals surface area contributed by atoms with Crippen LogP contribution in [0, 0.1) is 22.7 Å². The van der Waals surface area contributed by atoms with Crippen molar-refractivity contribution in [3.63, 3.8) is 0 Å². The van der Waals surface area contributed by atoms with Crippen molar-refractivity contribution in [2.45, 2.75) is 80.6 Å². The van der Waals surface area contributed by atoms with Gasteiger partial charge in [0.25, 0.3) is 0 Å². The van der Waals surface area contributed by atoms with Gasteiger partial charge in [-0.25, -0.2) is 4.79 Å². The van der Waals surface area contributed by atoms with Gasteiger partial charge in [-0.05, 0) is 29.1 Å². The molecular formula is C17H34O3. The van der Waals surface area contributed by atoms with Crippen LogP contribution in [0.1, 0.15) is 80.6 Å². The minimum Gasteiger partial charge on any atom is -0.301 e. The highest BCUT2D eigenvalue weighted by molar-refractivity contribution is 5.69. The van der Waals surface area contributed by atoms with Crippen molar-refractivity contribution in [1.82, 2.24) is 0 Å². The second kappa shape index (κ2) is 8.02. The van der Waals surface area contributed by atoms with E-state index in [1.807, 2.05) is 0 Å². The van der Waals surface area contributed by atoms with Gasteiger partial charge < -0.3 is 4.89 Å². The van der Waals surface area contributed by atoms with Gasteiger partial charge in [-0.1, -0.05) is 67.7 Å². The second-order valence-electron chi connectivity index (χ2n) is 7.65. The summed E-state index contributed by atoms with van der Waals surface area (Å²) in [6, 6.07) is 0. The van der Waals surface area contributed by atoms with E-state index in [4.69, 9.17) is 5.26 Å². The minimum absolute atomic E-state index is 0.0208. The van der Waals surface area contributed by atoms with Crippen molar-refractivity contribution >= 4 is 5.97 Å². The zero-order valence-corrected chi connectivity index (χ0v) is 14.5. The van der Waals surface area contributed by atoms with Gasteiger partial charge in [0, 0.05) is 0 Å². The molecule has 1 atom stereocenters. The molecule has 0 bridgehead atoms. The van der Waals surface area contributed by atoms with Crippen LogP contribution in [0.15, 0.2) is 0 Å². The van der Waals surface area contributed by atoms with Crippen molar-refractivity contribution < 1.29 is 14.9 Å². The third-order valence-corrected chi connectivity index (χ3v) is 5.50. The first-order valence-corrected chi connectivity index (χ1v) is 7.92. The highest BCUT2D eigenvalue weighted by Crippen LogP contribution is 2.49. The molecule has 0 aliphatic heterocycles. The van der Waals surface area contributed by atoms with E-state index in [-0.39, 0.29) is 16.7 Å². The molecule has 3 heteroatoms. The monoisotopic (exact) mass is 286 g/mol. The number of rotatable bonds is 9. The quantitative estimate of drug-likeness (QED) is 0.462. The molecule has 3 nitrogen and oxygen atoms in total. The zero-order valence-electron chi connectivity index (χ0n) is 14.5. The Morgan fingerprint density at radius 2 is 1.70 bits per heavy atom. The molecule has 0 aromatic rings. The van der Waals surface area contributed by atoms with Gasteiger partial charge in [-0.2, -0.15) is 5.26 Å². The van der Waals surface area contributed by atoms with Crippen LogP contribution < -0.4 is 0 Å². The maximum Gasteiger partial charge on any atom is 0.342 e. The lowest BCUT2D eigenvalue weighted by Gasteiger charge is -2.47. The molecule has 0 amide bonds. The highest BCUT2D eigenvalue weighted by Gasteiger charge is 2.42. The second-order valence-corrected chi connectivity index (χ2v) is 7.65. The first-order chi connectivity index (χ1) is 9.08. The molecule has 0 fully saturated rings. The molecule has 0 spiro atoms. The third-order valence-electron chi connectivity index (χ3n) is 5.50. The summed E-state index contributed by atoms with van der Waals surface area (Å²) in [7, 11) is 0. The van der Waals surface area contributed by atoms with E-state index in [0.29, 0.717) is 12.3 Å². The van der Waals surface area contributed by atoms with Crippen LogP contribution in [0.3, 0.4) is 0 Å². The fourth-order valence-electron chi connectivity index (χ4n) is 2.74. The Labute approximate surface area is 125 Å². The fourth-order valence-corrected chi connectivity index (χ4v) is 2.74. The summed E-state index contributed by atoms with van der Waals surface area (Å²) < 4.78 is 0. The average molecular weight is 286 g/mol. The van der Waals surface area contributed by atoms with E-state index in [1.54, 1.807) is 0 Å². The van der Waals surface area contributed by atoms with Gasteiger partial charge in [0.2, 0.25) is 0 Å². The van der Waals surface area contributed by atoms with Crippen molar-refractivity contribution in [1.29, 1.82) is 0 Å². The van der Waals surface area contributed by atoms with Crippen molar-refractivity contribution in [2.75, 3.05) is 0 Å². The smallest absolute Gasteiger partial charge is 0.301 e. The van der Waals surface area contributed by atoms with Crippen molar-refractivity contribution in [3.8, 4) is 0 Å². The summed E-state index contributed by atoms with van der Waals surface area (Å²) in [4.78, 5) is 15.4. The van der Waals surface area contributed by atoms with E-state index in [2.05, 4.69) is 53.4 Å². The molecule has 120 valence electrons. The predicted octanol–water partition coefficient (Wildman–Crippen LogP) is 5.30. The van der Waals surface area contributed by atoms with Crippen LogP contribution >= 0.6 is 0 Å². The highest BCUT2D eigenvalue weighted by atomic mass is 17.1. The molecule has 20 heavy (non-hydrogen) atoms. The Hall–Kier alpha value is -0.570. The summed E-state index contributed by atoms with van der Waals surface area (Å²) in [5.74, 6) is 0.401. The fraction of sp³-hybridized carbons (Fsp3) is 0.941. The first-order valence-electron chi connectivity index (χ1n) is 7.92. The van der Waals surface area contributed by atoms with E-state index < -0.39 is 5.97 Å². The van der Waals surface area contributed by atoms with Gasteiger partial charge in [-0.15, -0.1) is 0 Å². The Morgan fingerprint density at radius 1 is 1.15 bits per heavy atom. The lowest BCUT2D eigenvalue weighted by atomic mass is 9.58. The average Bonchev–Trinajstić information content (AvgIpc) is 2.36. The number of hydrogen-bond acceptors (Lipinski definition) is 3. The van der Waals surface area contributed by atoms with Crippen LogP contribution in [0.5, 0.6) is 0 Å². The molecule has 0 aliphatic rings. The molecule has 1 unspecified atom stereocenters. The molecule has 0 rings (SSSR count). The van der Waals surface area contributed by atoms with Crippen LogP contribution in [0.2, 0.25) is 0 Å². The molecule has 0 aliphatic carbocycles. The molecule has 1 N–H and O–H groups in total. The number of hydrogen-bond donors (Lipinski definition) is 1. The SMILES string of the molecule is CCC(C)(C)C(C)(C)C(CCCC(C)C)CC(=O)OO. The summed E-state index contributed by atoms with van der Waals surface area (Å²) in [6.45, 7) is 15.6. The maximum absolute atomic E-state index is 11.5. The van der Waals surface area contributed by atoms with Gasteiger partial charge in [0.15, 0.2) is 0 Å². The maximum atomic E-state index is 11.5. The standard InChI is InChI=1S/C17H34O3/c1-8-16(4,5)17(6,7)14(12-15(18)20-19)11-9-10-13(2)3/h13-14,19H,8-12H2,1-7H3. The van der Waals surface area contributed by atoms with Gasteiger partial charge in [0.05, 0.1) is 6.42 Å². The topological polar surface area (TPSA) is 46.5 Å². The normalized spacial score (nSPS) is 14.4. The van der Waals surface area contributed by atoms with E-state index in [0.717, 1.165) is 19.3 Å². The molecule has 0 heterocycles. The molecular weight excluding hydrogens is 252 g/mol. The van der Waals surface area contributed by atoms with Crippen LogP contribution in [-0.2, 0) is 9.68 Å². The molecule has 0 saturated heterocycles. The third kappa shape index (κ3) is 5.43. The lowest BCUT2D eigenvalue weighted by molar-refractivity contribution is -0.236. The van der Waals surface area contributed by atoms with Gasteiger partial charge in [-0.3, -0.25) is 0 Å². The Kier molecular flexibility index (Phi) is 7.79. The van der Waals surface area contributed by atoms with Crippen LogP contribution in [0.25, 0.3) is 0 Å². The Bertz CT molecular complexity index is 293. The first kappa shape index (κ1) is 19.4. The summed E-state index contributed by atoms with van der Waals surface area (Å²) in [5, 5.41) is 8.57. The largest absolute Gasteiger partial charge is 0.342 e. The van der Waals surface area contributed by atoms with E-state index in [1.165, 1.54) is 6.42 Å². The molecule has 0 aromatic carbocycles. The van der Waals surface area contributed by atoms with Crippen LogP contribution in [0.4, 0.5) is 0 Å². The van der Waals surface area contributed by atoms with Gasteiger partial charge in [0.1, 0.15) is 0 Å². The van der Waals surface area contributed by atoms with Crippen LogP contribution in [-0.4, -0.2) is 11.2 Å². The summed E-state index contributed by atoms with van der Waals surface area (Å²) in [5.41, 5.74) is 0.165. The molecule has 0 saturated carbocycles. The number of carbonyl (C=O) groups is 1. The predicted molar refractivity (Wildman–Crippen MR) is 83.4 cm³/mol. The van der Waals surface area contributed by atoms with Gasteiger partial charge >= 0.3 is 5.97 Å². The zero-order chi connectivity index (χ0) is 16.0. The Morgan fingerprint density at radius 3 is 2.10 bits per heavy atom. The van der Waals surface area contributed by atoms with Crippen molar-refractivity contribution in [2.24, 2.45) is 22.7 Å². The van der Waals surface area contributed by atoms with E-state index in [9.17, 15) is 4.79 Å².